The number of pyridine rings is 1. The Morgan fingerprint density at radius 1 is 1.00 bits per heavy atom. The third-order valence-corrected chi connectivity index (χ3v) is 6.90. The van der Waals surface area contributed by atoms with Gasteiger partial charge in [0.15, 0.2) is 5.69 Å². The van der Waals surface area contributed by atoms with Crippen molar-refractivity contribution in [2.45, 2.75) is 26.4 Å². The number of benzene rings is 2. The van der Waals surface area contributed by atoms with Gasteiger partial charge in [0.25, 0.3) is 11.8 Å². The highest BCUT2D eigenvalue weighted by atomic mass is 32.1. The Morgan fingerprint density at radius 3 is 2.35 bits per heavy atom. The number of aryl methyl sites for hydroxylation is 1. The third-order valence-electron chi connectivity index (χ3n) is 6.05. The fourth-order valence-corrected chi connectivity index (χ4v) is 4.69. The molecule has 0 saturated carbocycles. The van der Waals surface area contributed by atoms with E-state index < -0.39 is 23.8 Å². The summed E-state index contributed by atoms with van der Waals surface area (Å²) in [6.07, 6.45) is 3.12. The standard InChI is InChI=1S/C27H26N6O3S/c1-16-7-6-10-20(17(16)2)33(27(36)24-21(28)22(25(29)34)32-37-24)23(19-11-13-30-14-12-19)26(35)31-15-18-8-4-3-5-9-18/h3-14,23H,15,28H2,1-2H3,(H2,29,34)(H,31,35). The van der Waals surface area contributed by atoms with Gasteiger partial charge < -0.3 is 16.8 Å². The van der Waals surface area contributed by atoms with Crippen molar-refractivity contribution in [1.82, 2.24) is 14.7 Å². The van der Waals surface area contributed by atoms with Gasteiger partial charge in [-0.05, 0) is 65.8 Å². The van der Waals surface area contributed by atoms with Crippen LogP contribution in [0.4, 0.5) is 11.4 Å². The molecule has 0 saturated heterocycles. The number of primary amides is 1. The van der Waals surface area contributed by atoms with Crippen LogP contribution in [0.1, 0.15) is 48.5 Å². The lowest BCUT2D eigenvalue weighted by Crippen LogP contribution is -2.44. The molecule has 9 nitrogen and oxygen atoms in total. The minimum absolute atomic E-state index is 0.0182. The average molecular weight is 515 g/mol. The van der Waals surface area contributed by atoms with Gasteiger partial charge in [-0.25, -0.2) is 0 Å². The van der Waals surface area contributed by atoms with Crippen molar-refractivity contribution in [2.75, 3.05) is 10.6 Å². The molecule has 10 heteroatoms. The maximum absolute atomic E-state index is 14.1. The van der Waals surface area contributed by atoms with Crippen molar-refractivity contribution in [1.29, 1.82) is 0 Å². The van der Waals surface area contributed by atoms with E-state index in [1.54, 1.807) is 30.6 Å². The molecule has 4 rings (SSSR count). The highest BCUT2D eigenvalue weighted by Crippen LogP contribution is 2.35. The van der Waals surface area contributed by atoms with Gasteiger partial charge in [-0.3, -0.25) is 24.3 Å². The lowest BCUT2D eigenvalue weighted by atomic mass is 10.0. The molecule has 2 aromatic carbocycles. The first-order valence-electron chi connectivity index (χ1n) is 11.5. The number of carbonyl (C=O) groups is 3. The van der Waals surface area contributed by atoms with E-state index >= 15 is 0 Å². The number of nitrogens with zero attached hydrogens (tertiary/aromatic N) is 3. The molecule has 188 valence electrons. The predicted molar refractivity (Wildman–Crippen MR) is 143 cm³/mol. The van der Waals surface area contributed by atoms with Gasteiger partial charge in [0.05, 0.1) is 5.69 Å². The zero-order chi connectivity index (χ0) is 26.5. The van der Waals surface area contributed by atoms with E-state index in [4.69, 9.17) is 11.5 Å². The van der Waals surface area contributed by atoms with Gasteiger partial charge in [-0.2, -0.15) is 4.37 Å². The number of hydrogen-bond acceptors (Lipinski definition) is 7. The van der Waals surface area contributed by atoms with Crippen LogP contribution in [-0.4, -0.2) is 27.1 Å². The minimum atomic E-state index is -1.07. The highest BCUT2D eigenvalue weighted by molar-refractivity contribution is 7.09. The Bertz CT molecular complexity index is 1440. The first-order valence-corrected chi connectivity index (χ1v) is 12.2. The van der Waals surface area contributed by atoms with E-state index in [1.807, 2.05) is 56.3 Å². The molecule has 3 amide bonds. The van der Waals surface area contributed by atoms with E-state index in [-0.39, 0.29) is 22.8 Å². The van der Waals surface area contributed by atoms with Crippen LogP contribution >= 0.6 is 11.5 Å². The van der Waals surface area contributed by atoms with E-state index in [2.05, 4.69) is 14.7 Å². The summed E-state index contributed by atoms with van der Waals surface area (Å²) in [5.41, 5.74) is 14.9. The summed E-state index contributed by atoms with van der Waals surface area (Å²) in [7, 11) is 0. The molecule has 37 heavy (non-hydrogen) atoms. The summed E-state index contributed by atoms with van der Waals surface area (Å²) in [5.74, 6) is -1.81. The lowest BCUT2D eigenvalue weighted by molar-refractivity contribution is -0.122. The second kappa shape index (κ2) is 11.0. The number of amides is 3. The van der Waals surface area contributed by atoms with Gasteiger partial charge in [0, 0.05) is 24.6 Å². The largest absolute Gasteiger partial charge is 0.395 e. The first kappa shape index (κ1) is 25.5. The highest BCUT2D eigenvalue weighted by Gasteiger charge is 2.36. The van der Waals surface area contributed by atoms with Crippen molar-refractivity contribution < 1.29 is 14.4 Å². The Hall–Kier alpha value is -4.57. The van der Waals surface area contributed by atoms with Crippen molar-refractivity contribution in [2.24, 2.45) is 5.73 Å². The fraction of sp³-hybridized carbons (Fsp3) is 0.148. The summed E-state index contributed by atoms with van der Waals surface area (Å²) in [6.45, 7) is 4.07. The molecule has 0 aliphatic heterocycles. The Labute approximate surface area is 218 Å². The average Bonchev–Trinajstić information content (AvgIpc) is 3.30. The summed E-state index contributed by atoms with van der Waals surface area (Å²) in [6, 6.07) is 17.3. The number of nitrogens with two attached hydrogens (primary N) is 2. The normalized spacial score (nSPS) is 11.5. The molecule has 0 aliphatic rings. The summed E-state index contributed by atoms with van der Waals surface area (Å²) < 4.78 is 3.99. The zero-order valence-electron chi connectivity index (χ0n) is 20.3. The van der Waals surface area contributed by atoms with Crippen LogP contribution in [0.3, 0.4) is 0 Å². The molecule has 1 unspecified atom stereocenters. The van der Waals surface area contributed by atoms with Gasteiger partial charge in [-0.1, -0.05) is 42.5 Å². The van der Waals surface area contributed by atoms with Crippen LogP contribution in [0.2, 0.25) is 0 Å². The van der Waals surface area contributed by atoms with Crippen molar-refractivity contribution >= 4 is 40.6 Å². The van der Waals surface area contributed by atoms with E-state index in [0.717, 1.165) is 28.2 Å². The van der Waals surface area contributed by atoms with Crippen molar-refractivity contribution in [3.63, 3.8) is 0 Å². The topological polar surface area (TPSA) is 144 Å². The number of carbonyl (C=O) groups excluding carboxylic acids is 3. The lowest BCUT2D eigenvalue weighted by Gasteiger charge is -2.32. The molecule has 0 spiro atoms. The molecule has 0 fully saturated rings. The number of rotatable bonds is 8. The minimum Gasteiger partial charge on any atom is -0.395 e. The van der Waals surface area contributed by atoms with Crippen LogP contribution in [0.25, 0.3) is 0 Å². The van der Waals surface area contributed by atoms with E-state index in [9.17, 15) is 14.4 Å². The quantitative estimate of drug-likeness (QED) is 0.328. The first-order chi connectivity index (χ1) is 17.8. The van der Waals surface area contributed by atoms with Crippen LogP contribution in [0.5, 0.6) is 0 Å². The summed E-state index contributed by atoms with van der Waals surface area (Å²) in [5, 5.41) is 2.96. The number of nitrogen functional groups attached to an aromatic ring is 1. The van der Waals surface area contributed by atoms with Crippen LogP contribution in [0, 0.1) is 13.8 Å². The molecule has 1 atom stereocenters. The maximum Gasteiger partial charge on any atom is 0.273 e. The number of aromatic nitrogens is 2. The molecule has 5 N–H and O–H groups in total. The van der Waals surface area contributed by atoms with Crippen LogP contribution in [-0.2, 0) is 11.3 Å². The fourth-order valence-electron chi connectivity index (χ4n) is 3.95. The Balaban J connectivity index is 1.85. The molecule has 2 aromatic heterocycles. The Morgan fingerprint density at radius 2 is 1.70 bits per heavy atom. The number of anilines is 2. The van der Waals surface area contributed by atoms with E-state index in [0.29, 0.717) is 11.3 Å². The molecule has 0 aliphatic carbocycles. The van der Waals surface area contributed by atoms with Crippen molar-refractivity contribution in [3.05, 3.63) is 106 Å². The van der Waals surface area contributed by atoms with Crippen molar-refractivity contribution in [3.8, 4) is 0 Å². The van der Waals surface area contributed by atoms with E-state index in [1.165, 1.54) is 4.90 Å². The second-order valence-electron chi connectivity index (χ2n) is 8.42. The third kappa shape index (κ3) is 5.34. The van der Waals surface area contributed by atoms with Gasteiger partial charge >= 0.3 is 0 Å². The molecule has 0 radical (unpaired) electrons. The number of hydrogen-bond donors (Lipinski definition) is 3. The van der Waals surface area contributed by atoms with Crippen LogP contribution in [0.15, 0.2) is 73.1 Å². The van der Waals surface area contributed by atoms with Gasteiger partial charge in [0.2, 0.25) is 5.91 Å². The second-order valence-corrected chi connectivity index (χ2v) is 9.19. The smallest absolute Gasteiger partial charge is 0.273 e. The van der Waals surface area contributed by atoms with Gasteiger partial charge in [-0.15, -0.1) is 0 Å². The maximum atomic E-state index is 14.1. The zero-order valence-corrected chi connectivity index (χ0v) is 21.2. The number of nitrogens with one attached hydrogen (secondary N) is 1. The molecule has 4 aromatic rings. The molecular formula is C27H26N6O3S. The van der Waals surface area contributed by atoms with Crippen LogP contribution < -0.4 is 21.7 Å². The van der Waals surface area contributed by atoms with Gasteiger partial charge in [0.1, 0.15) is 10.9 Å². The summed E-state index contributed by atoms with van der Waals surface area (Å²) in [4.78, 5) is 45.2. The summed E-state index contributed by atoms with van der Waals surface area (Å²) >= 11 is 0.769. The molecule has 0 bridgehead atoms. The predicted octanol–water partition coefficient (Wildman–Crippen LogP) is 3.54. The molecule has 2 heterocycles. The SMILES string of the molecule is Cc1cccc(N(C(=O)c2snc(C(N)=O)c2N)C(C(=O)NCc2ccccc2)c2ccncc2)c1C. The Kier molecular flexibility index (Phi) is 7.59. The monoisotopic (exact) mass is 514 g/mol. The molecular weight excluding hydrogens is 488 g/mol.